The van der Waals surface area contributed by atoms with E-state index in [9.17, 15) is 0 Å². The largest absolute Gasteiger partial charge is 0.454 e. The molecule has 7 heteroatoms. The summed E-state index contributed by atoms with van der Waals surface area (Å²) in [6.07, 6.45) is 4.50. The Balaban J connectivity index is 1.14. The summed E-state index contributed by atoms with van der Waals surface area (Å²) in [5.41, 5.74) is 2.39. The summed E-state index contributed by atoms with van der Waals surface area (Å²) in [5, 5.41) is 4.86. The van der Waals surface area contributed by atoms with Gasteiger partial charge in [-0.25, -0.2) is 4.98 Å². The lowest BCUT2D eigenvalue weighted by molar-refractivity contribution is 0.174. The number of anilines is 1. The second-order valence-electron chi connectivity index (χ2n) is 6.74. The molecule has 1 aromatic heterocycles. The predicted molar refractivity (Wildman–Crippen MR) is 97.6 cm³/mol. The third-order valence-corrected chi connectivity index (χ3v) is 6.11. The van der Waals surface area contributed by atoms with Crippen LogP contribution in [0.4, 0.5) is 5.69 Å². The zero-order chi connectivity index (χ0) is 16.6. The Morgan fingerprint density at radius 3 is 2.92 bits per heavy atom. The van der Waals surface area contributed by atoms with E-state index in [0.29, 0.717) is 12.8 Å². The number of hydrogen-bond donors (Lipinski definition) is 1. The van der Waals surface area contributed by atoms with Crippen molar-refractivity contribution in [3.63, 3.8) is 0 Å². The summed E-state index contributed by atoms with van der Waals surface area (Å²) in [5.74, 6) is 2.88. The summed E-state index contributed by atoms with van der Waals surface area (Å²) in [4.78, 5) is 7.13. The fraction of sp³-hybridized carbons (Fsp3) is 0.500. The van der Waals surface area contributed by atoms with E-state index >= 15 is 0 Å². The number of rotatable bonds is 4. The maximum Gasteiger partial charge on any atom is 0.231 e. The Labute approximate surface area is 151 Å². The van der Waals surface area contributed by atoms with Crippen molar-refractivity contribution < 1.29 is 9.47 Å². The van der Waals surface area contributed by atoms with Crippen molar-refractivity contribution in [2.24, 2.45) is 0 Å². The summed E-state index contributed by atoms with van der Waals surface area (Å²) in [6, 6.07) is 6.80. The third kappa shape index (κ3) is 3.06. The first-order valence-corrected chi connectivity index (χ1v) is 9.90. The number of ether oxygens (including phenoxy) is 2. The highest BCUT2D eigenvalue weighted by atomic mass is 32.2. The molecule has 0 saturated carbocycles. The molecule has 132 valence electrons. The molecule has 0 spiro atoms. The van der Waals surface area contributed by atoms with Gasteiger partial charge in [0.2, 0.25) is 6.79 Å². The van der Waals surface area contributed by atoms with Crippen LogP contribution in [0.25, 0.3) is 0 Å². The van der Waals surface area contributed by atoms with E-state index in [-0.39, 0.29) is 0 Å². The number of thioether (sulfide) groups is 1. The Morgan fingerprint density at radius 2 is 2.04 bits per heavy atom. The number of imidazole rings is 1. The minimum Gasteiger partial charge on any atom is -0.454 e. The first kappa shape index (κ1) is 15.4. The molecule has 0 atom stereocenters. The normalized spacial score (nSPS) is 19.4. The van der Waals surface area contributed by atoms with E-state index in [0.717, 1.165) is 56.3 Å². The summed E-state index contributed by atoms with van der Waals surface area (Å²) in [6.45, 7) is 4.43. The maximum absolute atomic E-state index is 5.49. The molecule has 0 amide bonds. The predicted octanol–water partition coefficient (Wildman–Crippen LogP) is 2.48. The average molecular weight is 358 g/mol. The molecule has 2 aromatic rings. The maximum atomic E-state index is 5.49. The Kier molecular flexibility index (Phi) is 3.98. The molecule has 5 rings (SSSR count). The van der Waals surface area contributed by atoms with E-state index < -0.39 is 0 Å². The van der Waals surface area contributed by atoms with Crippen molar-refractivity contribution in [1.82, 2.24) is 14.9 Å². The van der Waals surface area contributed by atoms with Gasteiger partial charge in [-0.05, 0) is 25.0 Å². The summed E-state index contributed by atoms with van der Waals surface area (Å²) < 4.78 is 13.2. The molecule has 3 aliphatic heterocycles. The number of nitrogens with one attached hydrogen (secondary N) is 1. The van der Waals surface area contributed by atoms with Crippen LogP contribution in [0.5, 0.6) is 11.5 Å². The molecule has 25 heavy (non-hydrogen) atoms. The molecule has 0 radical (unpaired) electrons. The molecule has 0 unspecified atom stereocenters. The van der Waals surface area contributed by atoms with Crippen molar-refractivity contribution >= 4 is 17.4 Å². The van der Waals surface area contributed by atoms with Gasteiger partial charge in [0, 0.05) is 55.9 Å². The monoisotopic (exact) mass is 358 g/mol. The fourth-order valence-corrected chi connectivity index (χ4v) is 4.68. The van der Waals surface area contributed by atoms with E-state index in [1.54, 1.807) is 0 Å². The molecule has 1 fully saturated rings. The molecule has 0 bridgehead atoms. The van der Waals surface area contributed by atoms with Crippen LogP contribution < -0.4 is 19.7 Å². The van der Waals surface area contributed by atoms with E-state index in [1.807, 2.05) is 17.8 Å². The zero-order valence-electron chi connectivity index (χ0n) is 14.1. The minimum atomic E-state index is 0.334. The average Bonchev–Trinajstić information content (AvgIpc) is 3.35. The lowest BCUT2D eigenvalue weighted by Crippen LogP contribution is -2.42. The van der Waals surface area contributed by atoms with Gasteiger partial charge < -0.3 is 24.3 Å². The van der Waals surface area contributed by atoms with Gasteiger partial charge in [0.25, 0.3) is 0 Å². The summed E-state index contributed by atoms with van der Waals surface area (Å²) in [7, 11) is 0. The quantitative estimate of drug-likeness (QED) is 0.906. The van der Waals surface area contributed by atoms with Gasteiger partial charge in [-0.2, -0.15) is 0 Å². The van der Waals surface area contributed by atoms with Crippen LogP contribution in [0.15, 0.2) is 29.6 Å². The fourth-order valence-electron chi connectivity index (χ4n) is 3.72. The van der Waals surface area contributed by atoms with Crippen molar-refractivity contribution in [3.05, 3.63) is 30.1 Å². The van der Waals surface area contributed by atoms with Crippen molar-refractivity contribution in [2.75, 3.05) is 30.5 Å². The van der Waals surface area contributed by atoms with Crippen LogP contribution >= 0.6 is 11.8 Å². The first-order chi connectivity index (χ1) is 12.3. The van der Waals surface area contributed by atoms with Gasteiger partial charge in [-0.1, -0.05) is 11.8 Å². The number of aromatic nitrogens is 2. The topological polar surface area (TPSA) is 51.6 Å². The number of fused-ring (bicyclic) bond motifs is 2. The lowest BCUT2D eigenvalue weighted by Gasteiger charge is -2.34. The Morgan fingerprint density at radius 1 is 1.16 bits per heavy atom. The third-order valence-electron chi connectivity index (χ3n) is 5.14. The van der Waals surface area contributed by atoms with Crippen LogP contribution in [-0.4, -0.2) is 41.2 Å². The number of benzene rings is 1. The smallest absolute Gasteiger partial charge is 0.231 e. The van der Waals surface area contributed by atoms with Gasteiger partial charge in [0.1, 0.15) is 0 Å². The van der Waals surface area contributed by atoms with Crippen molar-refractivity contribution in [2.45, 2.75) is 37.1 Å². The van der Waals surface area contributed by atoms with Gasteiger partial charge >= 0.3 is 0 Å². The van der Waals surface area contributed by atoms with Crippen LogP contribution in [0.1, 0.15) is 18.5 Å². The standard InChI is InChI=1S/C18H22N4O2S/c1-2-16-17(24-12-23-16)9-15(1)21-5-3-13(4-6-21)19-10-14-11-22-7-8-25-18(22)20-14/h1-2,9,11,13,19H,3-8,10,12H2. The second kappa shape index (κ2) is 6.46. The van der Waals surface area contributed by atoms with E-state index in [2.05, 4.69) is 33.1 Å². The van der Waals surface area contributed by atoms with Crippen molar-refractivity contribution in [1.29, 1.82) is 0 Å². The van der Waals surface area contributed by atoms with E-state index in [1.165, 1.54) is 16.5 Å². The highest BCUT2D eigenvalue weighted by molar-refractivity contribution is 7.99. The molecular formula is C18H22N4O2S. The van der Waals surface area contributed by atoms with Crippen LogP contribution in [0, 0.1) is 0 Å². The summed E-state index contributed by atoms with van der Waals surface area (Å²) >= 11 is 1.85. The van der Waals surface area contributed by atoms with Crippen LogP contribution in [0.2, 0.25) is 0 Å². The van der Waals surface area contributed by atoms with Crippen LogP contribution in [0.3, 0.4) is 0 Å². The zero-order valence-corrected chi connectivity index (χ0v) is 14.9. The molecule has 3 aliphatic rings. The molecule has 1 saturated heterocycles. The Bertz CT molecular complexity index is 749. The van der Waals surface area contributed by atoms with Gasteiger partial charge in [0.05, 0.1) is 5.69 Å². The molecule has 1 aromatic carbocycles. The Hall–Kier alpha value is -1.86. The van der Waals surface area contributed by atoms with Gasteiger partial charge in [0.15, 0.2) is 16.7 Å². The van der Waals surface area contributed by atoms with Crippen molar-refractivity contribution in [3.8, 4) is 11.5 Å². The minimum absolute atomic E-state index is 0.334. The van der Waals surface area contributed by atoms with E-state index in [4.69, 9.17) is 14.5 Å². The van der Waals surface area contributed by atoms with Crippen LogP contribution in [-0.2, 0) is 13.1 Å². The second-order valence-corrected chi connectivity index (χ2v) is 7.80. The number of nitrogens with zero attached hydrogens (tertiary/aromatic N) is 3. The molecule has 1 N–H and O–H groups in total. The molecule has 4 heterocycles. The van der Waals surface area contributed by atoms with Gasteiger partial charge in [-0.3, -0.25) is 0 Å². The highest BCUT2D eigenvalue weighted by Gasteiger charge is 2.22. The van der Waals surface area contributed by atoms with Gasteiger partial charge in [-0.15, -0.1) is 0 Å². The molecule has 6 nitrogen and oxygen atoms in total. The molecular weight excluding hydrogens is 336 g/mol. The highest BCUT2D eigenvalue weighted by Crippen LogP contribution is 2.36. The number of aryl methyl sites for hydroxylation is 1. The molecule has 0 aliphatic carbocycles. The number of piperidine rings is 1. The first-order valence-electron chi connectivity index (χ1n) is 8.92. The number of hydrogen-bond acceptors (Lipinski definition) is 6. The SMILES string of the molecule is c1cc2c(cc1N1CCC(NCc3cn4c(n3)SCC4)CC1)OCO2. The lowest BCUT2D eigenvalue weighted by atomic mass is 10.0.